The topological polar surface area (TPSA) is 49.8 Å². The molecule has 0 aliphatic carbocycles. The summed E-state index contributed by atoms with van der Waals surface area (Å²) in [5.74, 6) is -0.174. The van der Waals surface area contributed by atoms with E-state index in [-0.39, 0.29) is 18.2 Å². The largest absolute Gasteiger partial charge is 0.496 e. The molecule has 1 aliphatic heterocycles. The molecule has 1 aromatic rings. The molecule has 1 aliphatic rings. The highest BCUT2D eigenvalue weighted by Gasteiger charge is 2.25. The van der Waals surface area contributed by atoms with E-state index in [1.165, 1.54) is 12.1 Å². The Morgan fingerprint density at radius 2 is 2.37 bits per heavy atom. The molecule has 2 rings (SSSR count). The first-order chi connectivity index (χ1) is 9.08. The summed E-state index contributed by atoms with van der Waals surface area (Å²) in [6.45, 7) is 2.18. The number of methoxy groups -OCH3 is 1. The van der Waals surface area contributed by atoms with Crippen molar-refractivity contribution in [2.45, 2.75) is 19.4 Å². The third kappa shape index (κ3) is 3.67. The number of halogens is 1. The Morgan fingerprint density at radius 1 is 1.58 bits per heavy atom. The number of aliphatic carboxylic acids is 1. The summed E-state index contributed by atoms with van der Waals surface area (Å²) in [6.07, 6.45) is 1.08. The van der Waals surface area contributed by atoms with Gasteiger partial charge in [0.2, 0.25) is 0 Å². The lowest BCUT2D eigenvalue weighted by molar-refractivity contribution is -0.138. The van der Waals surface area contributed by atoms with E-state index < -0.39 is 5.97 Å². The van der Waals surface area contributed by atoms with Gasteiger partial charge in [0.15, 0.2) is 0 Å². The fraction of sp³-hybridized carbons (Fsp3) is 0.500. The molecule has 4 nitrogen and oxygen atoms in total. The van der Waals surface area contributed by atoms with Crippen molar-refractivity contribution in [1.82, 2.24) is 4.90 Å². The second-order valence-corrected chi connectivity index (χ2v) is 4.94. The highest BCUT2D eigenvalue weighted by atomic mass is 19.1. The lowest BCUT2D eigenvalue weighted by atomic mass is 10.1. The second-order valence-electron chi connectivity index (χ2n) is 4.94. The van der Waals surface area contributed by atoms with Gasteiger partial charge in [-0.1, -0.05) is 0 Å². The Balaban J connectivity index is 1.98. The lowest BCUT2D eigenvalue weighted by Gasteiger charge is -2.17. The number of carbonyl (C=O) groups is 1. The first kappa shape index (κ1) is 13.8. The van der Waals surface area contributed by atoms with E-state index >= 15 is 0 Å². The number of rotatable bonds is 5. The van der Waals surface area contributed by atoms with Crippen LogP contribution in [0, 0.1) is 11.7 Å². The van der Waals surface area contributed by atoms with Gasteiger partial charge in [-0.2, -0.15) is 0 Å². The molecule has 104 valence electrons. The summed E-state index contributed by atoms with van der Waals surface area (Å²) in [5, 5.41) is 8.78. The van der Waals surface area contributed by atoms with Gasteiger partial charge < -0.3 is 9.84 Å². The van der Waals surface area contributed by atoms with Gasteiger partial charge in [0.1, 0.15) is 11.6 Å². The number of hydrogen-bond donors (Lipinski definition) is 1. The molecule has 0 saturated carbocycles. The maximum absolute atomic E-state index is 13.3. The molecule has 5 heteroatoms. The predicted molar refractivity (Wildman–Crippen MR) is 68.6 cm³/mol. The fourth-order valence-electron chi connectivity index (χ4n) is 2.58. The van der Waals surface area contributed by atoms with Gasteiger partial charge in [0.25, 0.3) is 0 Å². The quantitative estimate of drug-likeness (QED) is 0.888. The van der Waals surface area contributed by atoms with Gasteiger partial charge in [-0.15, -0.1) is 0 Å². The van der Waals surface area contributed by atoms with Gasteiger partial charge >= 0.3 is 5.97 Å². The van der Waals surface area contributed by atoms with Crippen molar-refractivity contribution in [3.63, 3.8) is 0 Å². The summed E-state index contributed by atoms with van der Waals surface area (Å²) in [5.41, 5.74) is 0.804. The molecule has 1 unspecified atom stereocenters. The molecule has 1 heterocycles. The molecule has 0 bridgehead atoms. The van der Waals surface area contributed by atoms with Gasteiger partial charge in [-0.3, -0.25) is 9.69 Å². The second kappa shape index (κ2) is 6.02. The normalized spacial score (nSPS) is 19.6. The van der Waals surface area contributed by atoms with Crippen molar-refractivity contribution in [2.75, 3.05) is 20.2 Å². The molecular formula is C14H18FNO3. The molecule has 19 heavy (non-hydrogen) atoms. The molecule has 1 saturated heterocycles. The molecule has 1 fully saturated rings. The van der Waals surface area contributed by atoms with Crippen LogP contribution < -0.4 is 4.74 Å². The molecule has 0 amide bonds. The van der Waals surface area contributed by atoms with Crippen molar-refractivity contribution in [3.8, 4) is 5.75 Å². The van der Waals surface area contributed by atoms with Crippen LogP contribution in [-0.2, 0) is 11.3 Å². The zero-order chi connectivity index (χ0) is 13.8. The minimum atomic E-state index is -0.754. The van der Waals surface area contributed by atoms with Crippen LogP contribution in [0.3, 0.4) is 0 Å². The standard InChI is InChI=1S/C14H18FNO3/c1-19-13-3-2-12(15)7-11(13)9-16-5-4-10(8-16)6-14(17)18/h2-3,7,10H,4-6,8-9H2,1H3,(H,17,18). The highest BCUT2D eigenvalue weighted by molar-refractivity contribution is 5.67. The number of likely N-dealkylation sites (tertiary alicyclic amines) is 1. The molecule has 1 aromatic carbocycles. The molecule has 0 aromatic heterocycles. The van der Waals surface area contributed by atoms with E-state index in [1.807, 2.05) is 0 Å². The van der Waals surface area contributed by atoms with Crippen molar-refractivity contribution < 1.29 is 19.0 Å². The third-order valence-corrected chi connectivity index (χ3v) is 3.47. The van der Waals surface area contributed by atoms with Crippen LogP contribution in [0.5, 0.6) is 5.75 Å². The van der Waals surface area contributed by atoms with Crippen LogP contribution in [0.1, 0.15) is 18.4 Å². The number of carboxylic acid groups (broad SMARTS) is 1. The van der Waals surface area contributed by atoms with Gasteiger partial charge in [0, 0.05) is 25.1 Å². The summed E-state index contributed by atoms with van der Waals surface area (Å²) < 4.78 is 18.5. The minimum absolute atomic E-state index is 0.192. The predicted octanol–water partition coefficient (Wildman–Crippen LogP) is 2.13. The van der Waals surface area contributed by atoms with Crippen molar-refractivity contribution in [3.05, 3.63) is 29.6 Å². The molecular weight excluding hydrogens is 249 g/mol. The average molecular weight is 267 g/mol. The van der Waals surface area contributed by atoms with Crippen LogP contribution in [0.25, 0.3) is 0 Å². The van der Waals surface area contributed by atoms with Crippen LogP contribution in [0.2, 0.25) is 0 Å². The van der Waals surface area contributed by atoms with E-state index in [0.29, 0.717) is 12.3 Å². The molecule has 1 atom stereocenters. The van der Waals surface area contributed by atoms with Crippen LogP contribution in [-0.4, -0.2) is 36.2 Å². The Hall–Kier alpha value is -1.62. The van der Waals surface area contributed by atoms with Crippen LogP contribution in [0.15, 0.2) is 18.2 Å². The number of ether oxygens (including phenoxy) is 1. The van der Waals surface area contributed by atoms with Crippen molar-refractivity contribution >= 4 is 5.97 Å². The van der Waals surface area contributed by atoms with E-state index in [0.717, 1.165) is 25.1 Å². The van der Waals surface area contributed by atoms with Crippen LogP contribution >= 0.6 is 0 Å². The number of carboxylic acids is 1. The maximum Gasteiger partial charge on any atom is 0.303 e. The van der Waals surface area contributed by atoms with E-state index in [4.69, 9.17) is 9.84 Å². The Morgan fingerprint density at radius 3 is 3.05 bits per heavy atom. The molecule has 1 N–H and O–H groups in total. The van der Waals surface area contributed by atoms with Crippen molar-refractivity contribution in [1.29, 1.82) is 0 Å². The van der Waals surface area contributed by atoms with Gasteiger partial charge in [-0.25, -0.2) is 4.39 Å². The summed E-state index contributed by atoms with van der Waals surface area (Å²) in [4.78, 5) is 12.8. The Labute approximate surface area is 111 Å². The zero-order valence-corrected chi connectivity index (χ0v) is 10.9. The molecule has 0 spiro atoms. The first-order valence-corrected chi connectivity index (χ1v) is 6.35. The summed E-state index contributed by atoms with van der Waals surface area (Å²) in [6, 6.07) is 4.47. The number of hydrogen-bond acceptors (Lipinski definition) is 3. The van der Waals surface area contributed by atoms with Gasteiger partial charge in [0.05, 0.1) is 7.11 Å². The minimum Gasteiger partial charge on any atom is -0.496 e. The maximum atomic E-state index is 13.3. The molecule has 0 radical (unpaired) electrons. The zero-order valence-electron chi connectivity index (χ0n) is 10.9. The fourth-order valence-corrected chi connectivity index (χ4v) is 2.58. The number of nitrogens with zero attached hydrogens (tertiary/aromatic N) is 1. The third-order valence-electron chi connectivity index (χ3n) is 3.47. The van der Waals surface area contributed by atoms with Crippen LogP contribution in [0.4, 0.5) is 4.39 Å². The van der Waals surface area contributed by atoms with E-state index in [1.54, 1.807) is 13.2 Å². The lowest BCUT2D eigenvalue weighted by Crippen LogP contribution is -2.21. The smallest absolute Gasteiger partial charge is 0.303 e. The van der Waals surface area contributed by atoms with Crippen molar-refractivity contribution in [2.24, 2.45) is 5.92 Å². The van der Waals surface area contributed by atoms with E-state index in [2.05, 4.69) is 4.90 Å². The average Bonchev–Trinajstić information content (AvgIpc) is 2.76. The Bertz CT molecular complexity index is 464. The highest BCUT2D eigenvalue weighted by Crippen LogP contribution is 2.25. The van der Waals surface area contributed by atoms with E-state index in [9.17, 15) is 9.18 Å². The SMILES string of the molecule is COc1ccc(F)cc1CN1CCC(CC(=O)O)C1. The number of benzene rings is 1. The monoisotopic (exact) mass is 267 g/mol. The Kier molecular flexibility index (Phi) is 4.37. The summed E-state index contributed by atoms with van der Waals surface area (Å²) in [7, 11) is 1.56. The summed E-state index contributed by atoms with van der Waals surface area (Å²) >= 11 is 0. The van der Waals surface area contributed by atoms with Gasteiger partial charge in [-0.05, 0) is 37.1 Å². The first-order valence-electron chi connectivity index (χ1n) is 6.35.